The number of hydrogen-bond donors (Lipinski definition) is 2. The molecule has 84 valence electrons. The first-order valence-corrected chi connectivity index (χ1v) is 5.31. The van der Waals surface area contributed by atoms with E-state index in [1.165, 1.54) is 13.0 Å². The molecule has 17 heavy (non-hydrogen) atoms. The van der Waals surface area contributed by atoms with E-state index in [-0.39, 0.29) is 11.3 Å². The minimum absolute atomic E-state index is 0.153. The minimum atomic E-state index is -0.257. The predicted molar refractivity (Wildman–Crippen MR) is 66.4 cm³/mol. The topological polar surface area (TPSA) is 65.7 Å². The molecule has 1 aromatic carbocycles. The largest absolute Gasteiger partial charge is 0.353 e. The normalized spacial score (nSPS) is 11.1. The predicted octanol–water partition coefficient (Wildman–Crippen LogP) is 2.21. The van der Waals surface area contributed by atoms with E-state index in [0.29, 0.717) is 11.2 Å². The molecule has 0 saturated heterocycles. The van der Waals surface area contributed by atoms with Crippen LogP contribution in [0, 0.1) is 0 Å². The summed E-state index contributed by atoms with van der Waals surface area (Å²) in [6, 6.07) is 9.18. The van der Waals surface area contributed by atoms with Gasteiger partial charge in [0.1, 0.15) is 5.69 Å². The van der Waals surface area contributed by atoms with Gasteiger partial charge in [-0.2, -0.15) is 0 Å². The van der Waals surface area contributed by atoms with E-state index in [1.54, 1.807) is 0 Å². The summed E-state index contributed by atoms with van der Waals surface area (Å²) in [6.45, 7) is 1.44. The number of hydrogen-bond acceptors (Lipinski definition) is 2. The molecule has 2 N–H and O–H groups in total. The molecule has 0 aliphatic rings. The third-order valence-electron chi connectivity index (χ3n) is 2.87. The van der Waals surface area contributed by atoms with Gasteiger partial charge in [-0.15, -0.1) is 0 Å². The Hall–Kier alpha value is -2.36. The molecule has 0 saturated carbocycles. The van der Waals surface area contributed by atoms with Crippen molar-refractivity contribution in [3.8, 4) is 0 Å². The van der Waals surface area contributed by atoms with Crippen molar-refractivity contribution in [1.82, 2.24) is 9.97 Å². The van der Waals surface area contributed by atoms with Crippen molar-refractivity contribution in [2.75, 3.05) is 0 Å². The second-order valence-corrected chi connectivity index (χ2v) is 4.02. The fraction of sp³-hybridized carbons (Fsp3) is 0.0769. The van der Waals surface area contributed by atoms with Crippen molar-refractivity contribution in [2.45, 2.75) is 6.92 Å². The highest BCUT2D eigenvalue weighted by Crippen LogP contribution is 2.25. The molecule has 0 bridgehead atoms. The van der Waals surface area contributed by atoms with Gasteiger partial charge in [0, 0.05) is 29.3 Å². The first-order valence-electron chi connectivity index (χ1n) is 5.31. The monoisotopic (exact) mass is 226 g/mol. The van der Waals surface area contributed by atoms with E-state index in [0.717, 1.165) is 16.3 Å². The highest BCUT2D eigenvalue weighted by molar-refractivity contribution is 6.13. The van der Waals surface area contributed by atoms with Gasteiger partial charge in [-0.3, -0.25) is 9.59 Å². The van der Waals surface area contributed by atoms with E-state index in [1.807, 2.05) is 24.3 Å². The van der Waals surface area contributed by atoms with Gasteiger partial charge in [0.05, 0.1) is 5.52 Å². The van der Waals surface area contributed by atoms with Gasteiger partial charge in [-0.25, -0.2) is 0 Å². The van der Waals surface area contributed by atoms with Crippen LogP contribution in [0.1, 0.15) is 17.4 Å². The van der Waals surface area contributed by atoms with Crippen molar-refractivity contribution in [3.05, 3.63) is 46.4 Å². The molecule has 0 spiro atoms. The summed E-state index contributed by atoms with van der Waals surface area (Å²) in [5.41, 5.74) is 1.69. The highest BCUT2D eigenvalue weighted by Gasteiger charge is 2.12. The molecule has 0 atom stereocenters. The Morgan fingerprint density at radius 1 is 1.12 bits per heavy atom. The molecular weight excluding hydrogens is 216 g/mol. The number of carbonyl (C=O) groups excluding carboxylic acids is 1. The molecule has 0 aliphatic heterocycles. The zero-order chi connectivity index (χ0) is 12.0. The number of fused-ring (bicyclic) bond motifs is 3. The van der Waals surface area contributed by atoms with E-state index < -0.39 is 0 Å². The van der Waals surface area contributed by atoms with Crippen LogP contribution in [0.5, 0.6) is 0 Å². The first-order chi connectivity index (χ1) is 8.16. The van der Waals surface area contributed by atoms with Crippen LogP contribution >= 0.6 is 0 Å². The maximum atomic E-state index is 11.5. The second-order valence-electron chi connectivity index (χ2n) is 4.02. The van der Waals surface area contributed by atoms with Crippen molar-refractivity contribution in [3.63, 3.8) is 0 Å². The molecule has 0 fully saturated rings. The smallest absolute Gasteiger partial charge is 0.249 e. The maximum absolute atomic E-state index is 11.5. The second kappa shape index (κ2) is 3.31. The molecule has 2 heterocycles. The van der Waals surface area contributed by atoms with Crippen molar-refractivity contribution in [2.24, 2.45) is 0 Å². The number of para-hydroxylation sites is 1. The van der Waals surface area contributed by atoms with Crippen LogP contribution in [-0.4, -0.2) is 15.8 Å². The summed E-state index contributed by atoms with van der Waals surface area (Å²) in [7, 11) is 0. The number of rotatable bonds is 1. The molecule has 0 amide bonds. The molecule has 4 heteroatoms. The van der Waals surface area contributed by atoms with Crippen LogP contribution in [0.4, 0.5) is 0 Å². The number of aromatic amines is 2. The van der Waals surface area contributed by atoms with Crippen molar-refractivity contribution in [1.29, 1.82) is 0 Å². The van der Waals surface area contributed by atoms with E-state index in [2.05, 4.69) is 9.97 Å². The summed E-state index contributed by atoms with van der Waals surface area (Å²) in [4.78, 5) is 28.8. The van der Waals surface area contributed by atoms with Gasteiger partial charge >= 0.3 is 0 Å². The van der Waals surface area contributed by atoms with Crippen LogP contribution in [0.25, 0.3) is 21.8 Å². The molecule has 0 radical (unpaired) electrons. The lowest BCUT2D eigenvalue weighted by Gasteiger charge is -1.97. The van der Waals surface area contributed by atoms with E-state index >= 15 is 0 Å². The SMILES string of the molecule is CC(=O)c1[nH]c(=O)cc2c1[nH]c1ccccc12. The minimum Gasteiger partial charge on any atom is -0.353 e. The maximum Gasteiger partial charge on any atom is 0.249 e. The molecule has 0 unspecified atom stereocenters. The molecular formula is C13H10N2O2. The van der Waals surface area contributed by atoms with Gasteiger partial charge in [-0.05, 0) is 6.07 Å². The van der Waals surface area contributed by atoms with E-state index in [4.69, 9.17) is 0 Å². The Balaban J connectivity index is 2.60. The molecule has 2 aromatic heterocycles. The lowest BCUT2D eigenvalue weighted by atomic mass is 10.1. The molecule has 3 aromatic rings. The number of aromatic nitrogens is 2. The number of pyridine rings is 1. The van der Waals surface area contributed by atoms with Gasteiger partial charge in [0.2, 0.25) is 5.56 Å². The van der Waals surface area contributed by atoms with Crippen molar-refractivity contribution < 1.29 is 4.79 Å². The van der Waals surface area contributed by atoms with Crippen LogP contribution in [0.15, 0.2) is 35.1 Å². The standard InChI is InChI=1S/C13H10N2O2/c1-7(16)12-13-9(6-11(17)15-12)8-4-2-3-5-10(8)14-13/h2-6,14H,1H3,(H,15,17). The van der Waals surface area contributed by atoms with Gasteiger partial charge in [0.25, 0.3) is 0 Å². The lowest BCUT2D eigenvalue weighted by molar-refractivity contribution is 0.101. The Labute approximate surface area is 96.3 Å². The average Bonchev–Trinajstić information content (AvgIpc) is 2.66. The molecule has 3 rings (SSSR count). The number of nitrogens with one attached hydrogen (secondary N) is 2. The summed E-state index contributed by atoms with van der Waals surface area (Å²) in [6.07, 6.45) is 0. The zero-order valence-electron chi connectivity index (χ0n) is 9.20. The lowest BCUT2D eigenvalue weighted by Crippen LogP contribution is -2.10. The first kappa shape index (κ1) is 9.84. The van der Waals surface area contributed by atoms with Crippen LogP contribution in [0.3, 0.4) is 0 Å². The Bertz CT molecular complexity index is 796. The van der Waals surface area contributed by atoms with Gasteiger partial charge in [-0.1, -0.05) is 18.2 Å². The number of Topliss-reactive ketones (excluding diaryl/α,β-unsaturated/α-hetero) is 1. The van der Waals surface area contributed by atoms with Gasteiger partial charge in [0.15, 0.2) is 5.78 Å². The summed E-state index contributed by atoms with van der Waals surface area (Å²) >= 11 is 0. The Morgan fingerprint density at radius 2 is 1.88 bits per heavy atom. The van der Waals surface area contributed by atoms with Crippen LogP contribution in [-0.2, 0) is 0 Å². The number of benzene rings is 1. The zero-order valence-corrected chi connectivity index (χ0v) is 9.20. The fourth-order valence-corrected chi connectivity index (χ4v) is 2.13. The van der Waals surface area contributed by atoms with Crippen molar-refractivity contribution >= 4 is 27.6 Å². The Kier molecular flexibility index (Phi) is 1.92. The summed E-state index contributed by atoms with van der Waals surface area (Å²) in [5, 5.41) is 1.74. The van der Waals surface area contributed by atoms with E-state index in [9.17, 15) is 9.59 Å². The summed E-state index contributed by atoms with van der Waals surface area (Å²) in [5.74, 6) is -0.153. The quantitative estimate of drug-likeness (QED) is 0.625. The summed E-state index contributed by atoms with van der Waals surface area (Å²) < 4.78 is 0. The number of carbonyl (C=O) groups is 1. The highest BCUT2D eigenvalue weighted by atomic mass is 16.1. The molecule has 4 nitrogen and oxygen atoms in total. The third kappa shape index (κ3) is 1.38. The number of H-pyrrole nitrogens is 2. The van der Waals surface area contributed by atoms with Gasteiger partial charge < -0.3 is 9.97 Å². The fourth-order valence-electron chi connectivity index (χ4n) is 2.13. The van der Waals surface area contributed by atoms with Crippen LogP contribution in [0.2, 0.25) is 0 Å². The third-order valence-corrected chi connectivity index (χ3v) is 2.87. The Morgan fingerprint density at radius 3 is 2.65 bits per heavy atom. The molecule has 0 aliphatic carbocycles. The van der Waals surface area contributed by atoms with Crippen LogP contribution < -0.4 is 5.56 Å². The average molecular weight is 226 g/mol. The number of ketones is 1.